The number of hydrogen-bond donors (Lipinski definition) is 0. The fraction of sp³-hybridized carbons (Fsp3) is 0.333. The van der Waals surface area contributed by atoms with E-state index in [4.69, 9.17) is 7.85 Å². The maximum atomic E-state index is 5.59. The monoisotopic (exact) mass is 397 g/mol. The van der Waals surface area contributed by atoms with Crippen LogP contribution in [0.5, 0.6) is 0 Å². The summed E-state index contributed by atoms with van der Waals surface area (Å²) in [5, 5.41) is 0. The molecule has 0 unspecified atom stereocenters. The first-order valence-electron chi connectivity index (χ1n) is 3.67. The average Bonchev–Trinajstić information content (AvgIpc) is 1.88. The van der Waals surface area contributed by atoms with Crippen LogP contribution in [0.15, 0.2) is 24.3 Å². The topological polar surface area (TPSA) is 0 Å². The van der Waals surface area contributed by atoms with E-state index in [0.29, 0.717) is 0 Å². The predicted octanol–water partition coefficient (Wildman–Crippen LogP) is 1.43. The van der Waals surface area contributed by atoms with Crippen LogP contribution in [0, 0.1) is 0 Å². The molecule has 0 spiro atoms. The van der Waals surface area contributed by atoms with Crippen molar-refractivity contribution >= 4 is 13.3 Å². The van der Waals surface area contributed by atoms with Crippen molar-refractivity contribution in [2.75, 3.05) is 0 Å². The van der Waals surface area contributed by atoms with E-state index in [-0.39, 0.29) is 98.1 Å². The van der Waals surface area contributed by atoms with Gasteiger partial charge in [-0.25, -0.2) is 0 Å². The summed E-state index contributed by atoms with van der Waals surface area (Å²) in [6.45, 7) is 2.17. The molecule has 0 aliphatic heterocycles. The zero-order valence-electron chi connectivity index (χ0n) is 8.03. The molecule has 1 aromatic rings. The molecule has 0 N–H and O–H groups in total. The molecule has 0 nitrogen and oxygen atoms in total. The third kappa shape index (κ3) is 9.52. The standard InChI is InChI=1S/C9H11B.3Y/c1-2-4-8-5-3-6-9(10)7-8;;;/h3,5-7H,2,4H2,1H3;;;. The summed E-state index contributed by atoms with van der Waals surface area (Å²) in [5.41, 5.74) is 2.20. The van der Waals surface area contributed by atoms with Crippen LogP contribution in [-0.2, 0) is 105 Å². The van der Waals surface area contributed by atoms with Crippen molar-refractivity contribution in [2.45, 2.75) is 19.8 Å². The van der Waals surface area contributed by atoms with E-state index < -0.39 is 0 Å². The van der Waals surface area contributed by atoms with E-state index in [9.17, 15) is 0 Å². The van der Waals surface area contributed by atoms with Gasteiger partial charge in [0.2, 0.25) is 0 Å². The Balaban J connectivity index is -0.000000333. The molecule has 59 valence electrons. The van der Waals surface area contributed by atoms with Gasteiger partial charge in [0, 0.05) is 98.1 Å². The molecule has 0 fully saturated rings. The molecule has 0 aliphatic rings. The van der Waals surface area contributed by atoms with Crippen LogP contribution in [-0.4, -0.2) is 7.85 Å². The van der Waals surface area contributed by atoms with Gasteiger partial charge >= 0.3 is 0 Å². The Labute approximate surface area is 158 Å². The summed E-state index contributed by atoms with van der Waals surface area (Å²) >= 11 is 0. The second-order valence-corrected chi connectivity index (χ2v) is 2.50. The maximum absolute atomic E-state index is 5.59. The molecule has 0 heterocycles. The Morgan fingerprint density at radius 2 is 1.77 bits per heavy atom. The molecule has 0 saturated heterocycles. The van der Waals surface area contributed by atoms with Crippen molar-refractivity contribution in [2.24, 2.45) is 0 Å². The fourth-order valence-electron chi connectivity index (χ4n) is 1.04. The van der Waals surface area contributed by atoms with E-state index in [1.807, 2.05) is 18.2 Å². The van der Waals surface area contributed by atoms with Crippen LogP contribution in [0.4, 0.5) is 0 Å². The smallest absolute Gasteiger partial charge is 0.0964 e. The minimum absolute atomic E-state index is 0. The first-order valence-corrected chi connectivity index (χ1v) is 3.67. The van der Waals surface area contributed by atoms with Gasteiger partial charge in [-0.05, 0) is 12.0 Å². The SMILES string of the molecule is [B]c1cccc(CCC)c1.[Y].[Y].[Y]. The third-order valence-corrected chi connectivity index (χ3v) is 1.49. The third-order valence-electron chi connectivity index (χ3n) is 1.49. The predicted molar refractivity (Wildman–Crippen MR) is 45.8 cm³/mol. The van der Waals surface area contributed by atoms with Crippen LogP contribution < -0.4 is 5.46 Å². The Morgan fingerprint density at radius 1 is 1.15 bits per heavy atom. The first kappa shape index (κ1) is 20.9. The molecule has 13 heavy (non-hydrogen) atoms. The molecule has 4 heteroatoms. The normalized spacial score (nSPS) is 7.46. The fourth-order valence-corrected chi connectivity index (χ4v) is 1.04. The van der Waals surface area contributed by atoms with E-state index in [0.717, 1.165) is 11.9 Å². The van der Waals surface area contributed by atoms with Crippen LogP contribution in [0.3, 0.4) is 0 Å². The van der Waals surface area contributed by atoms with E-state index in [1.54, 1.807) is 0 Å². The van der Waals surface area contributed by atoms with Gasteiger partial charge in [-0.2, -0.15) is 0 Å². The van der Waals surface area contributed by atoms with Crippen molar-refractivity contribution in [3.8, 4) is 0 Å². The van der Waals surface area contributed by atoms with Crippen LogP contribution in [0.1, 0.15) is 18.9 Å². The molecule has 0 atom stereocenters. The molecule has 0 aromatic heterocycles. The van der Waals surface area contributed by atoms with Gasteiger partial charge in [-0.15, -0.1) is 0 Å². The number of hydrogen-bond acceptors (Lipinski definition) is 0. The first-order chi connectivity index (χ1) is 4.83. The second-order valence-electron chi connectivity index (χ2n) is 2.50. The minimum Gasteiger partial charge on any atom is -0.0964 e. The molecule has 1 rings (SSSR count). The zero-order valence-corrected chi connectivity index (χ0v) is 16.5. The van der Waals surface area contributed by atoms with Gasteiger partial charge in [0.1, 0.15) is 7.85 Å². The number of aryl methyl sites for hydroxylation is 1. The van der Waals surface area contributed by atoms with Gasteiger partial charge < -0.3 is 0 Å². The summed E-state index contributed by atoms with van der Waals surface area (Å²) in [6.07, 6.45) is 2.31. The molecular formula is C9H11BY3. The molecular weight excluding hydrogens is 386 g/mol. The zero-order chi connectivity index (χ0) is 7.40. The summed E-state index contributed by atoms with van der Waals surface area (Å²) in [5.74, 6) is 0. The summed E-state index contributed by atoms with van der Waals surface area (Å²) in [6, 6.07) is 8.06. The Morgan fingerprint density at radius 3 is 2.23 bits per heavy atom. The van der Waals surface area contributed by atoms with Crippen LogP contribution >= 0.6 is 0 Å². The molecule has 5 radical (unpaired) electrons. The number of benzene rings is 1. The summed E-state index contributed by atoms with van der Waals surface area (Å²) in [4.78, 5) is 0. The van der Waals surface area contributed by atoms with Gasteiger partial charge in [0.15, 0.2) is 0 Å². The number of rotatable bonds is 2. The van der Waals surface area contributed by atoms with Crippen LogP contribution in [0.25, 0.3) is 0 Å². The van der Waals surface area contributed by atoms with Crippen LogP contribution in [0.2, 0.25) is 0 Å². The van der Waals surface area contributed by atoms with E-state index >= 15 is 0 Å². The Hall–Kier alpha value is 2.60. The van der Waals surface area contributed by atoms with Gasteiger partial charge in [-0.1, -0.05) is 43.1 Å². The van der Waals surface area contributed by atoms with Gasteiger partial charge in [-0.3, -0.25) is 0 Å². The van der Waals surface area contributed by atoms with Crippen molar-refractivity contribution < 1.29 is 98.1 Å². The Bertz CT molecular complexity index is 216. The molecule has 0 aliphatic carbocycles. The summed E-state index contributed by atoms with van der Waals surface area (Å²) in [7, 11) is 5.59. The van der Waals surface area contributed by atoms with Gasteiger partial charge in [0.05, 0.1) is 0 Å². The maximum Gasteiger partial charge on any atom is 0.113 e. The molecule has 0 amide bonds. The largest absolute Gasteiger partial charge is 0.113 e. The molecule has 1 aromatic carbocycles. The Kier molecular flexibility index (Phi) is 20.4. The van der Waals surface area contributed by atoms with Crippen molar-refractivity contribution in [1.82, 2.24) is 0 Å². The molecule has 0 bridgehead atoms. The van der Waals surface area contributed by atoms with Crippen molar-refractivity contribution in [3.05, 3.63) is 29.8 Å². The van der Waals surface area contributed by atoms with E-state index in [2.05, 4.69) is 13.0 Å². The summed E-state index contributed by atoms with van der Waals surface area (Å²) < 4.78 is 0. The average molecular weight is 397 g/mol. The minimum atomic E-state index is 0. The quantitative estimate of drug-likeness (QED) is 0.664. The van der Waals surface area contributed by atoms with Gasteiger partial charge in [0.25, 0.3) is 0 Å². The second kappa shape index (κ2) is 12.7. The van der Waals surface area contributed by atoms with Crippen molar-refractivity contribution in [3.63, 3.8) is 0 Å². The molecule has 0 saturated carbocycles. The van der Waals surface area contributed by atoms with E-state index in [1.165, 1.54) is 12.0 Å². The van der Waals surface area contributed by atoms with Crippen molar-refractivity contribution in [1.29, 1.82) is 0 Å².